The van der Waals surface area contributed by atoms with Crippen molar-refractivity contribution in [3.8, 4) is 0 Å². The SMILES string of the molecule is CNCc1scc(C)c1S(=O)(=O)NCC1CCC1. The van der Waals surface area contributed by atoms with Crippen LogP contribution in [0.4, 0.5) is 0 Å². The zero-order chi connectivity index (χ0) is 13.2. The highest BCUT2D eigenvalue weighted by Crippen LogP contribution is 2.28. The third-order valence-electron chi connectivity index (χ3n) is 3.38. The molecular formula is C12H20N2O2S2. The van der Waals surface area contributed by atoms with Crippen molar-refractivity contribution in [1.29, 1.82) is 0 Å². The molecule has 1 fully saturated rings. The summed E-state index contributed by atoms with van der Waals surface area (Å²) in [7, 11) is -1.52. The molecule has 6 heteroatoms. The summed E-state index contributed by atoms with van der Waals surface area (Å²) in [5.41, 5.74) is 0.839. The van der Waals surface area contributed by atoms with Gasteiger partial charge < -0.3 is 5.32 Å². The van der Waals surface area contributed by atoms with Crippen LogP contribution < -0.4 is 10.0 Å². The van der Waals surface area contributed by atoms with Gasteiger partial charge in [0.2, 0.25) is 10.0 Å². The third kappa shape index (κ3) is 2.93. The molecule has 2 rings (SSSR count). The second-order valence-electron chi connectivity index (χ2n) is 4.85. The average Bonchev–Trinajstić information content (AvgIpc) is 2.58. The third-order valence-corrected chi connectivity index (χ3v) is 6.27. The maximum Gasteiger partial charge on any atom is 0.241 e. The van der Waals surface area contributed by atoms with E-state index in [-0.39, 0.29) is 0 Å². The number of thiophene rings is 1. The molecule has 1 saturated carbocycles. The van der Waals surface area contributed by atoms with Crippen LogP contribution in [-0.4, -0.2) is 22.0 Å². The maximum atomic E-state index is 12.3. The van der Waals surface area contributed by atoms with Gasteiger partial charge in [-0.1, -0.05) is 6.42 Å². The van der Waals surface area contributed by atoms with Crippen molar-refractivity contribution < 1.29 is 8.42 Å². The fourth-order valence-electron chi connectivity index (χ4n) is 2.13. The fourth-order valence-corrected chi connectivity index (χ4v) is 5.06. The van der Waals surface area contributed by atoms with E-state index in [9.17, 15) is 8.42 Å². The lowest BCUT2D eigenvalue weighted by molar-refractivity contribution is 0.316. The Morgan fingerprint density at radius 1 is 1.44 bits per heavy atom. The predicted octanol–water partition coefficient (Wildman–Crippen LogP) is 1.85. The van der Waals surface area contributed by atoms with Crippen molar-refractivity contribution in [1.82, 2.24) is 10.0 Å². The summed E-state index contributed by atoms with van der Waals surface area (Å²) >= 11 is 1.50. The van der Waals surface area contributed by atoms with Gasteiger partial charge in [0.1, 0.15) is 4.90 Å². The van der Waals surface area contributed by atoms with E-state index in [2.05, 4.69) is 10.0 Å². The number of aryl methyl sites for hydroxylation is 1. The van der Waals surface area contributed by atoms with Crippen LogP contribution in [0.1, 0.15) is 29.7 Å². The molecule has 0 aliphatic heterocycles. The van der Waals surface area contributed by atoms with Gasteiger partial charge in [-0.3, -0.25) is 0 Å². The van der Waals surface area contributed by atoms with Gasteiger partial charge >= 0.3 is 0 Å². The highest BCUT2D eigenvalue weighted by Gasteiger charge is 2.25. The summed E-state index contributed by atoms with van der Waals surface area (Å²) in [5, 5.41) is 4.92. The van der Waals surface area contributed by atoms with Crippen molar-refractivity contribution in [2.24, 2.45) is 5.92 Å². The molecule has 1 aromatic heterocycles. The van der Waals surface area contributed by atoms with E-state index in [4.69, 9.17) is 0 Å². The Labute approximate surface area is 113 Å². The summed E-state index contributed by atoms with van der Waals surface area (Å²) in [6, 6.07) is 0. The standard InChI is InChI=1S/C12H20N2O2S2/c1-9-8-17-11(7-13-2)12(9)18(15,16)14-6-10-4-3-5-10/h8,10,13-14H,3-7H2,1-2H3. The van der Waals surface area contributed by atoms with Crippen LogP contribution in [0, 0.1) is 12.8 Å². The Morgan fingerprint density at radius 2 is 2.17 bits per heavy atom. The fraction of sp³-hybridized carbons (Fsp3) is 0.667. The van der Waals surface area contributed by atoms with Crippen LogP contribution in [0.5, 0.6) is 0 Å². The van der Waals surface area contributed by atoms with Crippen molar-refractivity contribution in [2.75, 3.05) is 13.6 Å². The first-order valence-corrected chi connectivity index (χ1v) is 8.62. The number of hydrogen-bond donors (Lipinski definition) is 2. The molecule has 1 heterocycles. The van der Waals surface area contributed by atoms with Gasteiger partial charge in [-0.05, 0) is 43.7 Å². The van der Waals surface area contributed by atoms with E-state index >= 15 is 0 Å². The molecule has 4 nitrogen and oxygen atoms in total. The van der Waals surface area contributed by atoms with Crippen molar-refractivity contribution in [3.05, 3.63) is 15.8 Å². The highest BCUT2D eigenvalue weighted by atomic mass is 32.2. The van der Waals surface area contributed by atoms with Crippen LogP contribution in [0.25, 0.3) is 0 Å². The quantitative estimate of drug-likeness (QED) is 0.840. The molecule has 0 atom stereocenters. The van der Waals surface area contributed by atoms with Gasteiger partial charge in [-0.2, -0.15) is 0 Å². The van der Waals surface area contributed by atoms with E-state index in [0.29, 0.717) is 23.9 Å². The normalized spacial score (nSPS) is 16.8. The lowest BCUT2D eigenvalue weighted by Crippen LogP contribution is -2.32. The van der Waals surface area contributed by atoms with Crippen molar-refractivity contribution in [2.45, 2.75) is 37.6 Å². The Kier molecular flexibility index (Phi) is 4.42. The number of sulfonamides is 1. The van der Waals surface area contributed by atoms with Crippen LogP contribution >= 0.6 is 11.3 Å². The molecule has 2 N–H and O–H groups in total. The van der Waals surface area contributed by atoms with Gasteiger partial charge in [0.15, 0.2) is 0 Å². The van der Waals surface area contributed by atoms with Gasteiger partial charge in [0, 0.05) is 18.0 Å². The van der Waals surface area contributed by atoms with Crippen molar-refractivity contribution >= 4 is 21.4 Å². The zero-order valence-electron chi connectivity index (χ0n) is 10.8. The summed E-state index contributed by atoms with van der Waals surface area (Å²) in [5.74, 6) is 0.534. The zero-order valence-corrected chi connectivity index (χ0v) is 12.5. The Hall–Kier alpha value is -0.430. The molecule has 1 aliphatic carbocycles. The van der Waals surface area contributed by atoms with Crippen LogP contribution in [0.15, 0.2) is 10.3 Å². The lowest BCUT2D eigenvalue weighted by Gasteiger charge is -2.25. The number of nitrogens with one attached hydrogen (secondary N) is 2. The molecule has 1 aromatic rings. The Bertz CT molecular complexity index is 504. The second-order valence-corrected chi connectivity index (χ2v) is 7.52. The van der Waals surface area contributed by atoms with E-state index in [0.717, 1.165) is 23.3 Å². The van der Waals surface area contributed by atoms with Crippen LogP contribution in [0.2, 0.25) is 0 Å². The van der Waals surface area contributed by atoms with Crippen LogP contribution in [-0.2, 0) is 16.6 Å². The smallest absolute Gasteiger partial charge is 0.241 e. The maximum absolute atomic E-state index is 12.3. The summed E-state index contributed by atoms with van der Waals surface area (Å²) in [6.07, 6.45) is 3.53. The topological polar surface area (TPSA) is 58.2 Å². The molecule has 0 saturated heterocycles. The van der Waals surface area contributed by atoms with Gasteiger partial charge in [0.05, 0.1) is 0 Å². The van der Waals surface area contributed by atoms with E-state index < -0.39 is 10.0 Å². The first kappa shape index (κ1) is 14.0. The monoisotopic (exact) mass is 288 g/mol. The molecule has 0 unspecified atom stereocenters. The Morgan fingerprint density at radius 3 is 2.72 bits per heavy atom. The van der Waals surface area contributed by atoms with E-state index in [1.807, 2.05) is 19.4 Å². The molecular weight excluding hydrogens is 268 g/mol. The van der Waals surface area contributed by atoms with Crippen molar-refractivity contribution in [3.63, 3.8) is 0 Å². The molecule has 0 amide bonds. The highest BCUT2D eigenvalue weighted by molar-refractivity contribution is 7.89. The summed E-state index contributed by atoms with van der Waals surface area (Å²) in [4.78, 5) is 1.36. The minimum absolute atomic E-state index is 0.473. The van der Waals surface area contributed by atoms with Gasteiger partial charge in [0.25, 0.3) is 0 Å². The molecule has 102 valence electrons. The molecule has 0 radical (unpaired) electrons. The van der Waals surface area contributed by atoms with Gasteiger partial charge in [-0.25, -0.2) is 13.1 Å². The second kappa shape index (κ2) is 5.69. The van der Waals surface area contributed by atoms with Gasteiger partial charge in [-0.15, -0.1) is 11.3 Å². The van der Waals surface area contributed by atoms with Crippen LogP contribution in [0.3, 0.4) is 0 Å². The molecule has 1 aliphatic rings. The molecule has 0 bridgehead atoms. The first-order chi connectivity index (χ1) is 8.54. The first-order valence-electron chi connectivity index (χ1n) is 6.26. The summed E-state index contributed by atoms with van der Waals surface area (Å²) < 4.78 is 27.4. The molecule has 18 heavy (non-hydrogen) atoms. The predicted molar refractivity (Wildman–Crippen MR) is 74.3 cm³/mol. The molecule has 0 spiro atoms. The largest absolute Gasteiger partial charge is 0.315 e. The van der Waals surface area contributed by atoms with E-state index in [1.54, 1.807) is 0 Å². The van der Waals surface area contributed by atoms with E-state index in [1.165, 1.54) is 17.8 Å². The number of rotatable bonds is 6. The molecule has 0 aromatic carbocycles. The lowest BCUT2D eigenvalue weighted by atomic mass is 9.86. The Balaban J connectivity index is 2.14. The minimum atomic E-state index is -3.35. The summed E-state index contributed by atoms with van der Waals surface area (Å²) in [6.45, 7) is 3.03. The average molecular weight is 288 g/mol. The number of hydrogen-bond acceptors (Lipinski definition) is 4. The minimum Gasteiger partial charge on any atom is -0.315 e.